The summed E-state index contributed by atoms with van der Waals surface area (Å²) in [5.74, 6) is -2.18. The van der Waals surface area contributed by atoms with Crippen molar-refractivity contribution in [1.82, 2.24) is 5.32 Å². The molecule has 2 heterocycles. The Morgan fingerprint density at radius 1 is 1.32 bits per heavy atom. The number of esters is 1. The van der Waals surface area contributed by atoms with Gasteiger partial charge in [-0.15, -0.1) is 0 Å². The molecule has 116 valence electrons. The van der Waals surface area contributed by atoms with Crippen LogP contribution in [0.2, 0.25) is 0 Å². The van der Waals surface area contributed by atoms with E-state index in [4.69, 9.17) is 4.74 Å². The highest BCUT2D eigenvalue weighted by atomic mass is 19.1. The average Bonchev–Trinajstić information content (AvgIpc) is 2.89. The number of anilines is 1. The van der Waals surface area contributed by atoms with E-state index in [0.29, 0.717) is 24.1 Å². The van der Waals surface area contributed by atoms with Crippen LogP contribution in [0.15, 0.2) is 18.2 Å². The van der Waals surface area contributed by atoms with Crippen LogP contribution in [0.4, 0.5) is 10.1 Å². The molecule has 1 saturated heterocycles. The van der Waals surface area contributed by atoms with Crippen molar-refractivity contribution in [3.8, 4) is 0 Å². The van der Waals surface area contributed by atoms with E-state index in [-0.39, 0.29) is 30.9 Å². The summed E-state index contributed by atoms with van der Waals surface area (Å²) in [5.41, 5.74) is 0.842. The Hall–Kier alpha value is -2.44. The largest absolute Gasteiger partial charge is 0.463 e. The van der Waals surface area contributed by atoms with Crippen LogP contribution in [0.3, 0.4) is 0 Å². The summed E-state index contributed by atoms with van der Waals surface area (Å²) in [7, 11) is 0. The van der Waals surface area contributed by atoms with Crippen LogP contribution in [0.1, 0.15) is 30.7 Å². The van der Waals surface area contributed by atoms with Gasteiger partial charge >= 0.3 is 5.97 Å². The van der Waals surface area contributed by atoms with Gasteiger partial charge < -0.3 is 15.4 Å². The monoisotopic (exact) mass is 306 g/mol. The van der Waals surface area contributed by atoms with Gasteiger partial charge in [-0.25, -0.2) is 4.39 Å². The molecule has 22 heavy (non-hydrogen) atoms. The van der Waals surface area contributed by atoms with Gasteiger partial charge in [-0.3, -0.25) is 14.4 Å². The van der Waals surface area contributed by atoms with E-state index in [2.05, 4.69) is 10.6 Å². The first-order valence-electron chi connectivity index (χ1n) is 7.08. The maximum absolute atomic E-state index is 13.2. The summed E-state index contributed by atoms with van der Waals surface area (Å²) in [5, 5.41) is 5.25. The molecular formula is C15H15FN2O4. The molecule has 2 unspecified atom stereocenters. The summed E-state index contributed by atoms with van der Waals surface area (Å²) >= 11 is 0. The highest BCUT2D eigenvalue weighted by Gasteiger charge is 2.33. The number of fused-ring (bicyclic) bond motifs is 1. The van der Waals surface area contributed by atoms with E-state index in [1.807, 2.05) is 0 Å². The van der Waals surface area contributed by atoms with Crippen molar-refractivity contribution in [2.24, 2.45) is 0 Å². The third-order valence-electron chi connectivity index (χ3n) is 3.85. The number of hydrogen-bond acceptors (Lipinski definition) is 4. The lowest BCUT2D eigenvalue weighted by molar-refractivity contribution is -0.147. The number of amides is 2. The number of hydrogen-bond donors (Lipinski definition) is 2. The third-order valence-corrected chi connectivity index (χ3v) is 3.85. The van der Waals surface area contributed by atoms with Gasteiger partial charge in [-0.05, 0) is 24.1 Å². The fourth-order valence-electron chi connectivity index (χ4n) is 2.73. The lowest BCUT2D eigenvalue weighted by Crippen LogP contribution is -2.33. The highest BCUT2D eigenvalue weighted by Crippen LogP contribution is 2.33. The lowest BCUT2D eigenvalue weighted by atomic mass is 9.90. The predicted molar refractivity (Wildman–Crippen MR) is 74.5 cm³/mol. The smallest absolute Gasteiger partial charge is 0.314 e. The Labute approximate surface area is 126 Å². The van der Waals surface area contributed by atoms with Crippen LogP contribution in [-0.4, -0.2) is 30.4 Å². The van der Waals surface area contributed by atoms with Crippen LogP contribution < -0.4 is 10.6 Å². The molecule has 7 heteroatoms. The number of carbonyl (C=O) groups is 3. The molecule has 6 nitrogen and oxygen atoms in total. The highest BCUT2D eigenvalue weighted by molar-refractivity contribution is 6.00. The summed E-state index contributed by atoms with van der Waals surface area (Å²) in [4.78, 5) is 35.0. The Morgan fingerprint density at radius 2 is 2.14 bits per heavy atom. The SMILES string of the molecule is O=C1CC(C(=O)OCC2CCC(=O)N2)c2ccc(F)cc2N1. The number of halogens is 1. The minimum atomic E-state index is -0.749. The fraction of sp³-hybridized carbons (Fsp3) is 0.400. The lowest BCUT2D eigenvalue weighted by Gasteiger charge is -2.24. The standard InChI is InChI=1S/C15H15FN2O4/c16-8-1-3-10-11(6-14(20)18-12(10)5-8)15(21)22-7-9-2-4-13(19)17-9/h1,3,5,9,11H,2,4,6-7H2,(H,17,19)(H,18,20). The molecule has 2 aliphatic heterocycles. The Kier molecular flexibility index (Phi) is 3.79. The van der Waals surface area contributed by atoms with E-state index < -0.39 is 17.7 Å². The van der Waals surface area contributed by atoms with Crippen LogP contribution in [0.25, 0.3) is 0 Å². The van der Waals surface area contributed by atoms with Gasteiger partial charge in [0.1, 0.15) is 12.4 Å². The molecule has 2 amide bonds. The molecule has 0 bridgehead atoms. The summed E-state index contributed by atoms with van der Waals surface area (Å²) < 4.78 is 18.5. The zero-order valence-corrected chi connectivity index (χ0v) is 11.7. The second-order valence-corrected chi connectivity index (χ2v) is 5.47. The van der Waals surface area contributed by atoms with Gasteiger partial charge in [0.15, 0.2) is 0 Å². The van der Waals surface area contributed by atoms with Crippen LogP contribution in [0, 0.1) is 5.82 Å². The summed E-state index contributed by atoms with van der Waals surface area (Å²) in [6, 6.07) is 3.73. The van der Waals surface area contributed by atoms with Crippen molar-refractivity contribution in [3.63, 3.8) is 0 Å². The van der Waals surface area contributed by atoms with E-state index >= 15 is 0 Å². The van der Waals surface area contributed by atoms with E-state index in [1.165, 1.54) is 18.2 Å². The Bertz CT molecular complexity index is 646. The van der Waals surface area contributed by atoms with Gasteiger partial charge in [0.05, 0.1) is 12.0 Å². The minimum absolute atomic E-state index is 0.0332. The van der Waals surface area contributed by atoms with Gasteiger partial charge in [0.25, 0.3) is 0 Å². The first-order chi connectivity index (χ1) is 10.5. The second-order valence-electron chi connectivity index (χ2n) is 5.47. The number of rotatable bonds is 3. The summed E-state index contributed by atoms with van der Waals surface area (Å²) in [6.45, 7) is 0.0826. The molecule has 2 N–H and O–H groups in total. The number of ether oxygens (including phenoxy) is 1. The third kappa shape index (κ3) is 2.93. The van der Waals surface area contributed by atoms with Gasteiger partial charge in [-0.2, -0.15) is 0 Å². The molecule has 2 aliphatic rings. The topological polar surface area (TPSA) is 84.5 Å². The summed E-state index contributed by atoms with van der Waals surface area (Å²) in [6.07, 6.45) is 1.02. The number of benzene rings is 1. The quantitative estimate of drug-likeness (QED) is 0.818. The van der Waals surface area contributed by atoms with Crippen LogP contribution >= 0.6 is 0 Å². The molecular weight excluding hydrogens is 291 g/mol. The first-order valence-corrected chi connectivity index (χ1v) is 7.08. The van der Waals surface area contributed by atoms with E-state index in [0.717, 1.165) is 0 Å². The fourth-order valence-corrected chi connectivity index (χ4v) is 2.73. The van der Waals surface area contributed by atoms with Crippen LogP contribution in [0.5, 0.6) is 0 Å². The number of carbonyl (C=O) groups excluding carboxylic acids is 3. The Morgan fingerprint density at radius 3 is 2.86 bits per heavy atom. The second kappa shape index (κ2) is 5.75. The van der Waals surface area contributed by atoms with Crippen molar-refractivity contribution in [2.45, 2.75) is 31.2 Å². The molecule has 3 rings (SSSR count). The number of nitrogens with one attached hydrogen (secondary N) is 2. The van der Waals surface area contributed by atoms with E-state index in [9.17, 15) is 18.8 Å². The molecule has 2 atom stereocenters. The minimum Gasteiger partial charge on any atom is -0.463 e. The molecule has 1 fully saturated rings. The molecule has 0 saturated carbocycles. The molecule has 1 aromatic carbocycles. The molecule has 1 aromatic rings. The zero-order chi connectivity index (χ0) is 15.7. The van der Waals surface area contributed by atoms with Gasteiger partial charge in [-0.1, -0.05) is 6.07 Å². The molecule has 0 radical (unpaired) electrons. The zero-order valence-electron chi connectivity index (χ0n) is 11.7. The van der Waals surface area contributed by atoms with Gasteiger partial charge in [0.2, 0.25) is 11.8 Å². The van der Waals surface area contributed by atoms with E-state index in [1.54, 1.807) is 0 Å². The molecule has 0 aliphatic carbocycles. The van der Waals surface area contributed by atoms with Gasteiger partial charge in [0, 0.05) is 18.5 Å². The molecule has 0 aromatic heterocycles. The maximum Gasteiger partial charge on any atom is 0.314 e. The Balaban J connectivity index is 1.70. The average molecular weight is 306 g/mol. The maximum atomic E-state index is 13.2. The van der Waals surface area contributed by atoms with Crippen molar-refractivity contribution in [3.05, 3.63) is 29.6 Å². The van der Waals surface area contributed by atoms with Crippen molar-refractivity contribution >= 4 is 23.5 Å². The first kappa shape index (κ1) is 14.5. The molecule has 0 spiro atoms. The normalized spacial score (nSPS) is 23.5. The predicted octanol–water partition coefficient (Wildman–Crippen LogP) is 1.07. The van der Waals surface area contributed by atoms with Crippen molar-refractivity contribution in [2.75, 3.05) is 11.9 Å². The van der Waals surface area contributed by atoms with Crippen LogP contribution in [-0.2, 0) is 19.1 Å². The van der Waals surface area contributed by atoms with Crippen molar-refractivity contribution < 1.29 is 23.5 Å². The van der Waals surface area contributed by atoms with Crippen molar-refractivity contribution in [1.29, 1.82) is 0 Å².